The van der Waals surface area contributed by atoms with E-state index in [2.05, 4.69) is 15.2 Å². The van der Waals surface area contributed by atoms with Crippen LogP contribution in [0.2, 0.25) is 5.02 Å². The van der Waals surface area contributed by atoms with Crippen LogP contribution in [0.1, 0.15) is 11.9 Å². The molecule has 1 aromatic carbocycles. The molecular weight excluding hydrogens is 319 g/mol. The minimum Gasteiger partial charge on any atom is -0.491 e. The molecule has 1 saturated heterocycles. The molecule has 23 heavy (non-hydrogen) atoms. The van der Waals surface area contributed by atoms with Crippen LogP contribution in [0.15, 0.2) is 30.6 Å². The van der Waals surface area contributed by atoms with E-state index in [9.17, 15) is 4.39 Å². The van der Waals surface area contributed by atoms with E-state index in [0.717, 1.165) is 32.0 Å². The monoisotopic (exact) mass is 338 g/mol. The Balaban J connectivity index is 1.60. The quantitative estimate of drug-likeness (QED) is 0.908. The third-order valence-corrected chi connectivity index (χ3v) is 4.34. The van der Waals surface area contributed by atoms with Gasteiger partial charge in [0.1, 0.15) is 24.0 Å². The number of nitrogens with one attached hydrogen (secondary N) is 1. The number of aromatic nitrogens is 2. The van der Waals surface area contributed by atoms with Crippen molar-refractivity contribution >= 4 is 11.6 Å². The normalized spacial score (nSPS) is 19.0. The third kappa shape index (κ3) is 3.83. The fraction of sp³-hybridized carbons (Fsp3) is 0.438. The van der Waals surface area contributed by atoms with Gasteiger partial charge in [-0.2, -0.15) is 0 Å². The summed E-state index contributed by atoms with van der Waals surface area (Å²) in [7, 11) is 2.00. The van der Waals surface area contributed by atoms with Crippen molar-refractivity contribution in [3.63, 3.8) is 0 Å². The zero-order valence-electron chi connectivity index (χ0n) is 13.0. The number of imidazole rings is 1. The van der Waals surface area contributed by atoms with E-state index in [4.69, 9.17) is 16.3 Å². The smallest absolute Gasteiger partial charge is 0.138 e. The first kappa shape index (κ1) is 16.2. The van der Waals surface area contributed by atoms with Gasteiger partial charge in [-0.3, -0.25) is 4.90 Å². The predicted molar refractivity (Wildman–Crippen MR) is 87.3 cm³/mol. The maximum atomic E-state index is 13.0. The maximum absolute atomic E-state index is 13.0. The largest absolute Gasteiger partial charge is 0.491 e. The Labute approximate surface area is 140 Å². The molecule has 2 aromatic rings. The van der Waals surface area contributed by atoms with E-state index in [1.165, 1.54) is 12.1 Å². The summed E-state index contributed by atoms with van der Waals surface area (Å²) < 4.78 is 20.8. The van der Waals surface area contributed by atoms with Crippen molar-refractivity contribution in [3.8, 4) is 5.75 Å². The molecule has 1 unspecified atom stereocenters. The Morgan fingerprint density at radius 1 is 1.48 bits per heavy atom. The molecule has 0 bridgehead atoms. The first-order chi connectivity index (χ1) is 11.1. The molecule has 1 aliphatic heterocycles. The van der Waals surface area contributed by atoms with Crippen LogP contribution in [0.3, 0.4) is 0 Å². The molecule has 3 rings (SSSR count). The molecule has 0 saturated carbocycles. The zero-order chi connectivity index (χ0) is 16.2. The lowest BCUT2D eigenvalue weighted by atomic mass is 10.2. The highest BCUT2D eigenvalue weighted by Gasteiger charge is 2.26. The number of ether oxygens (including phenoxy) is 1. The Bertz CT molecular complexity index is 663. The summed E-state index contributed by atoms with van der Waals surface area (Å²) in [5, 5.41) is 3.70. The summed E-state index contributed by atoms with van der Waals surface area (Å²) in [4.78, 5) is 6.80. The van der Waals surface area contributed by atoms with Crippen LogP contribution in [0, 0.1) is 5.82 Å². The molecular formula is C16H20ClFN4O. The van der Waals surface area contributed by atoms with Gasteiger partial charge in [-0.05, 0) is 18.2 Å². The lowest BCUT2D eigenvalue weighted by Gasteiger charge is -2.35. The zero-order valence-corrected chi connectivity index (χ0v) is 13.8. The summed E-state index contributed by atoms with van der Waals surface area (Å²) in [5.41, 5.74) is 0. The number of hydrogen-bond donors (Lipinski definition) is 1. The second-order valence-corrected chi connectivity index (χ2v) is 5.98. The van der Waals surface area contributed by atoms with Crippen molar-refractivity contribution in [2.24, 2.45) is 7.05 Å². The van der Waals surface area contributed by atoms with Crippen LogP contribution in [0.4, 0.5) is 4.39 Å². The van der Waals surface area contributed by atoms with Crippen molar-refractivity contribution in [3.05, 3.63) is 47.3 Å². The summed E-state index contributed by atoms with van der Waals surface area (Å²) in [6.07, 6.45) is 3.77. The van der Waals surface area contributed by atoms with E-state index in [-0.39, 0.29) is 11.9 Å². The summed E-state index contributed by atoms with van der Waals surface area (Å²) >= 11 is 5.98. The van der Waals surface area contributed by atoms with E-state index >= 15 is 0 Å². The molecule has 1 fully saturated rings. The molecule has 0 aliphatic carbocycles. The van der Waals surface area contributed by atoms with Gasteiger partial charge >= 0.3 is 0 Å². The van der Waals surface area contributed by atoms with Gasteiger partial charge in [-0.1, -0.05) is 11.6 Å². The second kappa shape index (κ2) is 7.29. The Morgan fingerprint density at radius 2 is 2.35 bits per heavy atom. The van der Waals surface area contributed by atoms with Crippen LogP contribution in [0.5, 0.6) is 5.75 Å². The number of piperazine rings is 1. The molecule has 0 spiro atoms. The third-order valence-electron chi connectivity index (χ3n) is 4.04. The average molecular weight is 339 g/mol. The second-order valence-electron chi connectivity index (χ2n) is 5.58. The van der Waals surface area contributed by atoms with Crippen molar-refractivity contribution in [2.45, 2.75) is 6.04 Å². The fourth-order valence-corrected chi connectivity index (χ4v) is 3.05. The van der Waals surface area contributed by atoms with Gasteiger partial charge in [-0.15, -0.1) is 0 Å². The van der Waals surface area contributed by atoms with Crippen LogP contribution < -0.4 is 10.1 Å². The summed E-state index contributed by atoms with van der Waals surface area (Å²) in [6.45, 7) is 3.98. The summed E-state index contributed by atoms with van der Waals surface area (Å²) in [6, 6.07) is 4.39. The Morgan fingerprint density at radius 3 is 3.09 bits per heavy atom. The Hall–Kier alpha value is -1.63. The standard InChI is InChI=1S/C16H20ClFN4O/c1-21-6-5-20-16(21)14-11-19-4-7-22(14)8-9-23-15-3-2-12(18)10-13(15)17/h2-3,5-6,10,14,19H,4,7-9,11H2,1H3. The predicted octanol–water partition coefficient (Wildman–Crippen LogP) is 2.24. The van der Waals surface area contributed by atoms with Gasteiger partial charge in [0.05, 0.1) is 11.1 Å². The van der Waals surface area contributed by atoms with E-state index in [1.807, 2.05) is 24.0 Å². The molecule has 1 aliphatic rings. The van der Waals surface area contributed by atoms with Gasteiger partial charge < -0.3 is 14.6 Å². The van der Waals surface area contributed by atoms with Crippen molar-refractivity contribution < 1.29 is 9.13 Å². The molecule has 1 N–H and O–H groups in total. The van der Waals surface area contributed by atoms with Crippen molar-refractivity contribution in [1.29, 1.82) is 0 Å². The van der Waals surface area contributed by atoms with Crippen molar-refractivity contribution in [2.75, 3.05) is 32.8 Å². The molecule has 1 aromatic heterocycles. The maximum Gasteiger partial charge on any atom is 0.138 e. The van der Waals surface area contributed by atoms with Crippen LogP contribution in [-0.2, 0) is 7.05 Å². The van der Waals surface area contributed by atoms with Crippen LogP contribution >= 0.6 is 11.6 Å². The van der Waals surface area contributed by atoms with Gasteiger partial charge in [0, 0.05) is 45.6 Å². The van der Waals surface area contributed by atoms with Crippen LogP contribution in [0.25, 0.3) is 0 Å². The van der Waals surface area contributed by atoms with Gasteiger partial charge in [0.25, 0.3) is 0 Å². The van der Waals surface area contributed by atoms with E-state index < -0.39 is 0 Å². The number of hydrogen-bond acceptors (Lipinski definition) is 4. The molecule has 2 heterocycles. The number of nitrogens with zero attached hydrogens (tertiary/aromatic N) is 3. The topological polar surface area (TPSA) is 42.3 Å². The highest BCUT2D eigenvalue weighted by atomic mass is 35.5. The Kier molecular flexibility index (Phi) is 5.15. The minimum absolute atomic E-state index is 0.219. The van der Waals surface area contributed by atoms with E-state index in [1.54, 1.807) is 6.07 Å². The lowest BCUT2D eigenvalue weighted by Crippen LogP contribution is -2.48. The highest BCUT2D eigenvalue weighted by Crippen LogP contribution is 2.25. The molecule has 0 amide bonds. The average Bonchev–Trinajstić information content (AvgIpc) is 2.96. The molecule has 0 radical (unpaired) electrons. The molecule has 5 nitrogen and oxygen atoms in total. The van der Waals surface area contributed by atoms with Gasteiger partial charge in [-0.25, -0.2) is 9.37 Å². The van der Waals surface area contributed by atoms with Crippen molar-refractivity contribution in [1.82, 2.24) is 19.8 Å². The molecule has 7 heteroatoms. The lowest BCUT2D eigenvalue weighted by molar-refractivity contribution is 0.127. The SMILES string of the molecule is Cn1ccnc1C1CNCCN1CCOc1ccc(F)cc1Cl. The number of benzene rings is 1. The van der Waals surface area contributed by atoms with Gasteiger partial charge in [0.2, 0.25) is 0 Å². The van der Waals surface area contributed by atoms with Gasteiger partial charge in [0.15, 0.2) is 0 Å². The number of rotatable bonds is 5. The molecule has 124 valence electrons. The number of halogens is 2. The molecule has 1 atom stereocenters. The van der Waals surface area contributed by atoms with E-state index in [0.29, 0.717) is 17.4 Å². The highest BCUT2D eigenvalue weighted by molar-refractivity contribution is 6.32. The summed E-state index contributed by atoms with van der Waals surface area (Å²) in [5.74, 6) is 1.19. The minimum atomic E-state index is -0.362. The first-order valence-electron chi connectivity index (χ1n) is 7.65. The number of aryl methyl sites for hydroxylation is 1. The van der Waals surface area contributed by atoms with Crippen LogP contribution in [-0.4, -0.2) is 47.2 Å². The fourth-order valence-electron chi connectivity index (χ4n) is 2.83. The first-order valence-corrected chi connectivity index (χ1v) is 8.03.